The molecule has 6 heteroatoms. The Bertz CT molecular complexity index is 150. The average Bonchev–Trinajstić information content (AvgIpc) is 2.08. The van der Waals surface area contributed by atoms with Crippen LogP contribution in [0.1, 0.15) is 0 Å². The highest BCUT2D eigenvalue weighted by Crippen LogP contribution is 2.18. The predicted molar refractivity (Wildman–Crippen MR) is 38.0 cm³/mol. The van der Waals surface area contributed by atoms with E-state index in [9.17, 15) is 5.11 Å². The van der Waals surface area contributed by atoms with Gasteiger partial charge in [-0.1, -0.05) is 0 Å². The topological polar surface area (TPSA) is 116 Å². The summed E-state index contributed by atoms with van der Waals surface area (Å²) in [7, 11) is 0. The largest absolute Gasteiger partial charge is 0.388 e. The number of hydrogen-bond donors (Lipinski definition) is 5. The molecule has 0 aromatic carbocycles. The highest BCUT2D eigenvalue weighted by atomic mass is 16.6. The van der Waals surface area contributed by atoms with Crippen molar-refractivity contribution in [2.45, 2.75) is 30.7 Å². The Morgan fingerprint density at radius 2 is 1.58 bits per heavy atom. The summed E-state index contributed by atoms with van der Waals surface area (Å²) in [5, 5.41) is 36.3. The third-order valence-corrected chi connectivity index (χ3v) is 1.92. The van der Waals surface area contributed by atoms with Crippen molar-refractivity contribution in [1.29, 1.82) is 0 Å². The summed E-state index contributed by atoms with van der Waals surface area (Å²) < 4.78 is 4.70. The van der Waals surface area contributed by atoms with Gasteiger partial charge in [0, 0.05) is 6.54 Å². The maximum absolute atomic E-state index is 9.20. The zero-order chi connectivity index (χ0) is 9.30. The molecule has 1 heterocycles. The van der Waals surface area contributed by atoms with Gasteiger partial charge in [0.05, 0.1) is 0 Å². The summed E-state index contributed by atoms with van der Waals surface area (Å²) >= 11 is 0. The van der Waals surface area contributed by atoms with Crippen molar-refractivity contribution in [2.75, 3.05) is 6.54 Å². The first-order valence-electron chi connectivity index (χ1n) is 3.65. The van der Waals surface area contributed by atoms with Crippen LogP contribution in [0.15, 0.2) is 0 Å². The van der Waals surface area contributed by atoms with E-state index in [1.807, 2.05) is 0 Å². The molecule has 0 bridgehead atoms. The third kappa shape index (κ3) is 1.58. The van der Waals surface area contributed by atoms with Gasteiger partial charge in [-0.05, 0) is 0 Å². The molecule has 0 aromatic rings. The van der Waals surface area contributed by atoms with E-state index in [-0.39, 0.29) is 6.54 Å². The molecule has 1 aliphatic rings. The van der Waals surface area contributed by atoms with Gasteiger partial charge in [0.2, 0.25) is 0 Å². The van der Waals surface area contributed by atoms with E-state index >= 15 is 0 Å². The Kier molecular flexibility index (Phi) is 2.99. The Balaban J connectivity index is 2.63. The SMILES string of the molecule is NCC1O[C@H](O)C(O)[C@@H](O)[C@H]1O. The van der Waals surface area contributed by atoms with Gasteiger partial charge in [-0.25, -0.2) is 0 Å². The zero-order valence-corrected chi connectivity index (χ0v) is 6.37. The highest BCUT2D eigenvalue weighted by Gasteiger charge is 2.42. The molecule has 0 spiro atoms. The van der Waals surface area contributed by atoms with E-state index in [1.165, 1.54) is 0 Å². The summed E-state index contributed by atoms with van der Waals surface area (Å²) in [5.74, 6) is 0. The molecule has 0 aromatic heterocycles. The van der Waals surface area contributed by atoms with Gasteiger partial charge in [-0.15, -0.1) is 0 Å². The molecule has 1 aliphatic heterocycles. The third-order valence-electron chi connectivity index (χ3n) is 1.92. The maximum atomic E-state index is 9.20. The van der Waals surface area contributed by atoms with Crippen LogP contribution in [0.25, 0.3) is 0 Å². The molecule has 1 rings (SSSR count). The van der Waals surface area contributed by atoms with Gasteiger partial charge in [-0.2, -0.15) is 0 Å². The smallest absolute Gasteiger partial charge is 0.184 e. The lowest BCUT2D eigenvalue weighted by Crippen LogP contribution is -2.59. The molecule has 0 saturated carbocycles. The first-order chi connectivity index (χ1) is 5.57. The quantitative estimate of drug-likeness (QED) is 0.288. The van der Waals surface area contributed by atoms with Gasteiger partial charge < -0.3 is 30.9 Å². The van der Waals surface area contributed by atoms with Crippen molar-refractivity contribution in [3.05, 3.63) is 0 Å². The standard InChI is InChI=1S/C6H13NO5/c7-1-2-3(8)4(9)5(10)6(11)12-2/h2-6,8-11H,1,7H2/t2?,3-,4-,5?,6-/m0/s1. The molecule has 0 aliphatic carbocycles. The predicted octanol–water partition coefficient (Wildman–Crippen LogP) is -3.25. The van der Waals surface area contributed by atoms with E-state index in [0.29, 0.717) is 0 Å². The number of hydrogen-bond acceptors (Lipinski definition) is 6. The molecule has 0 amide bonds. The Labute approximate surface area is 69.2 Å². The van der Waals surface area contributed by atoms with Crippen LogP contribution >= 0.6 is 0 Å². The second-order valence-electron chi connectivity index (χ2n) is 2.77. The lowest BCUT2D eigenvalue weighted by Gasteiger charge is -2.37. The van der Waals surface area contributed by atoms with Crippen LogP contribution < -0.4 is 5.73 Å². The molecule has 1 saturated heterocycles. The first-order valence-corrected chi connectivity index (χ1v) is 3.65. The molecule has 6 N–H and O–H groups in total. The Morgan fingerprint density at radius 3 is 2.08 bits per heavy atom. The molecule has 6 nitrogen and oxygen atoms in total. The summed E-state index contributed by atoms with van der Waals surface area (Å²) in [4.78, 5) is 0. The normalized spacial score (nSPS) is 49.2. The molecule has 72 valence electrons. The fourth-order valence-corrected chi connectivity index (χ4v) is 1.13. The summed E-state index contributed by atoms with van der Waals surface area (Å²) in [6.07, 6.45) is -6.48. The Hall–Kier alpha value is -0.240. The molecule has 12 heavy (non-hydrogen) atoms. The van der Waals surface area contributed by atoms with E-state index in [1.54, 1.807) is 0 Å². The number of aliphatic hydroxyl groups is 4. The maximum Gasteiger partial charge on any atom is 0.184 e. The summed E-state index contributed by atoms with van der Waals surface area (Å²) in [6, 6.07) is 0. The second-order valence-corrected chi connectivity index (χ2v) is 2.77. The number of nitrogens with two attached hydrogens (primary N) is 1. The number of rotatable bonds is 1. The molecule has 2 unspecified atom stereocenters. The Morgan fingerprint density at radius 1 is 1.00 bits per heavy atom. The van der Waals surface area contributed by atoms with Crippen LogP contribution in [-0.2, 0) is 4.74 Å². The molecule has 5 atom stereocenters. The highest BCUT2D eigenvalue weighted by molar-refractivity contribution is 4.88. The van der Waals surface area contributed by atoms with Crippen molar-refractivity contribution in [3.8, 4) is 0 Å². The van der Waals surface area contributed by atoms with Crippen molar-refractivity contribution >= 4 is 0 Å². The van der Waals surface area contributed by atoms with Crippen molar-refractivity contribution in [1.82, 2.24) is 0 Å². The van der Waals surface area contributed by atoms with E-state index in [2.05, 4.69) is 0 Å². The summed E-state index contributed by atoms with van der Waals surface area (Å²) in [5.41, 5.74) is 5.17. The van der Waals surface area contributed by atoms with Crippen LogP contribution in [0.4, 0.5) is 0 Å². The fourth-order valence-electron chi connectivity index (χ4n) is 1.13. The molecular weight excluding hydrogens is 166 g/mol. The molecular formula is C6H13NO5. The van der Waals surface area contributed by atoms with E-state index < -0.39 is 30.7 Å². The van der Waals surface area contributed by atoms with Crippen LogP contribution in [0.3, 0.4) is 0 Å². The molecule has 1 fully saturated rings. The average molecular weight is 179 g/mol. The minimum Gasteiger partial charge on any atom is -0.388 e. The van der Waals surface area contributed by atoms with Crippen molar-refractivity contribution in [2.24, 2.45) is 5.73 Å². The van der Waals surface area contributed by atoms with Gasteiger partial charge in [0.25, 0.3) is 0 Å². The number of aliphatic hydroxyl groups excluding tert-OH is 4. The lowest BCUT2D eigenvalue weighted by molar-refractivity contribution is -0.279. The first kappa shape index (κ1) is 9.85. The number of ether oxygens (including phenoxy) is 1. The van der Waals surface area contributed by atoms with Crippen LogP contribution in [0.5, 0.6) is 0 Å². The molecule has 0 radical (unpaired) electrons. The monoisotopic (exact) mass is 179 g/mol. The van der Waals surface area contributed by atoms with E-state index in [0.717, 1.165) is 0 Å². The van der Waals surface area contributed by atoms with Crippen LogP contribution in [0.2, 0.25) is 0 Å². The van der Waals surface area contributed by atoms with Gasteiger partial charge in [-0.3, -0.25) is 0 Å². The van der Waals surface area contributed by atoms with Gasteiger partial charge >= 0.3 is 0 Å². The zero-order valence-electron chi connectivity index (χ0n) is 6.37. The lowest BCUT2D eigenvalue weighted by atomic mass is 9.99. The minimum absolute atomic E-state index is 0.0258. The van der Waals surface area contributed by atoms with Crippen LogP contribution in [-0.4, -0.2) is 57.7 Å². The van der Waals surface area contributed by atoms with Gasteiger partial charge in [0.1, 0.15) is 24.4 Å². The van der Waals surface area contributed by atoms with Crippen LogP contribution in [0, 0.1) is 0 Å². The fraction of sp³-hybridized carbons (Fsp3) is 1.00. The van der Waals surface area contributed by atoms with Gasteiger partial charge in [0.15, 0.2) is 6.29 Å². The summed E-state index contributed by atoms with van der Waals surface area (Å²) in [6.45, 7) is -0.0258. The second kappa shape index (κ2) is 3.65. The van der Waals surface area contributed by atoms with E-state index in [4.69, 9.17) is 25.8 Å². The van der Waals surface area contributed by atoms with Crippen molar-refractivity contribution in [3.63, 3.8) is 0 Å². The van der Waals surface area contributed by atoms with Crippen molar-refractivity contribution < 1.29 is 25.2 Å². The minimum atomic E-state index is -1.49.